The molecule has 1 amide bonds. The number of anilines is 1. The molecule has 8 N–H and O–H groups in total. The number of amides is 1. The average Bonchev–Trinajstić information content (AvgIpc) is 3.38. The van der Waals surface area contributed by atoms with Gasteiger partial charge in [0.15, 0.2) is 11.6 Å². The largest absolute Gasteiger partial charge is 0.454 e. The Morgan fingerprint density at radius 3 is 2.60 bits per heavy atom. The van der Waals surface area contributed by atoms with Gasteiger partial charge in [-0.25, -0.2) is 13.0 Å². The molecule has 0 aliphatic rings. The number of carbonyl (C=O) groups excluding carboxylic acids is 1. The number of nitrogens with one attached hydrogen (secondary N) is 4. The van der Waals surface area contributed by atoms with Gasteiger partial charge in [0.25, 0.3) is 11.5 Å². The molecule has 2 aromatic heterocycles. The molecular formula is C26H27F2N7O4S. The maximum absolute atomic E-state index is 14.5. The first kappa shape index (κ1) is 28.3. The van der Waals surface area contributed by atoms with Crippen LogP contribution in [0, 0.1) is 11.6 Å². The number of pyridine rings is 1. The number of carbonyl (C=O) groups is 1. The van der Waals surface area contributed by atoms with Crippen molar-refractivity contribution in [2.24, 2.45) is 18.6 Å². The van der Waals surface area contributed by atoms with E-state index in [1.54, 1.807) is 19.1 Å². The Morgan fingerprint density at radius 1 is 1.15 bits per heavy atom. The molecule has 0 aliphatic heterocycles. The first-order valence-electron chi connectivity index (χ1n) is 11.9. The van der Waals surface area contributed by atoms with Crippen LogP contribution >= 0.6 is 0 Å². The number of hydrogen-bond acceptors (Lipinski definition) is 7. The number of aromatic nitrogens is 2. The normalized spacial score (nSPS) is 12.3. The summed E-state index contributed by atoms with van der Waals surface area (Å²) in [5, 5.41) is 2.99. The first-order valence-corrected chi connectivity index (χ1v) is 13.3. The highest BCUT2D eigenvalue weighted by atomic mass is 32.2. The summed E-state index contributed by atoms with van der Waals surface area (Å²) in [5.74, 6) is 3.26. The Kier molecular flexibility index (Phi) is 8.50. The second-order valence-corrected chi connectivity index (χ2v) is 10.1. The highest BCUT2D eigenvalue weighted by Gasteiger charge is 2.20. The van der Waals surface area contributed by atoms with E-state index in [1.165, 1.54) is 36.1 Å². The summed E-state index contributed by atoms with van der Waals surface area (Å²) in [4.78, 5) is 28.7. The van der Waals surface area contributed by atoms with Crippen molar-refractivity contribution >= 4 is 33.5 Å². The number of ether oxygens (including phenoxy) is 1. The van der Waals surface area contributed by atoms with E-state index in [0.717, 1.165) is 12.1 Å². The lowest BCUT2D eigenvalue weighted by atomic mass is 10.0. The molecule has 40 heavy (non-hydrogen) atoms. The van der Waals surface area contributed by atoms with Crippen molar-refractivity contribution in [1.82, 2.24) is 20.3 Å². The minimum atomic E-state index is -1.37. The standard InChI is InChI=1S/C26H27F2N7O4S/c1-3-40(38)34-16-5-7-22(39-23-6-4-14(27)8-20(23)28)17(9-16)19-13-35(2)26(37)24-18(19)10-21(33-24)25(36)31-11-15(29)12-32-30/h4-10,12-13,32-34H,3,11,29-30H2,1-2H3,(H,31,36)/b15-12-. The molecule has 0 saturated heterocycles. The minimum Gasteiger partial charge on any atom is -0.454 e. The number of rotatable bonds is 10. The number of nitrogens with zero attached hydrogens (tertiary/aromatic N) is 1. The van der Waals surface area contributed by atoms with E-state index in [0.29, 0.717) is 34.0 Å². The Morgan fingerprint density at radius 2 is 1.90 bits per heavy atom. The van der Waals surface area contributed by atoms with Crippen LogP contribution in [0.5, 0.6) is 11.5 Å². The fourth-order valence-electron chi connectivity index (χ4n) is 3.88. The first-order chi connectivity index (χ1) is 19.1. The molecule has 4 aromatic rings. The Hall–Kier alpha value is -4.69. The Labute approximate surface area is 229 Å². The molecule has 0 radical (unpaired) electrons. The quantitative estimate of drug-likeness (QED) is 0.126. The average molecular weight is 572 g/mol. The van der Waals surface area contributed by atoms with Gasteiger partial charge in [-0.2, -0.15) is 0 Å². The van der Waals surface area contributed by atoms with Crippen LogP contribution in [0.1, 0.15) is 17.4 Å². The maximum atomic E-state index is 14.5. The highest BCUT2D eigenvalue weighted by molar-refractivity contribution is 7.86. The van der Waals surface area contributed by atoms with Crippen molar-refractivity contribution in [2.45, 2.75) is 6.92 Å². The highest BCUT2D eigenvalue weighted by Crippen LogP contribution is 2.39. The zero-order chi connectivity index (χ0) is 29.0. The van der Waals surface area contributed by atoms with Crippen molar-refractivity contribution in [2.75, 3.05) is 17.0 Å². The lowest BCUT2D eigenvalue weighted by Gasteiger charge is -2.16. The van der Waals surface area contributed by atoms with Crippen molar-refractivity contribution in [3.63, 3.8) is 0 Å². The van der Waals surface area contributed by atoms with Crippen molar-refractivity contribution in [3.8, 4) is 22.6 Å². The van der Waals surface area contributed by atoms with Gasteiger partial charge in [0.05, 0.1) is 6.54 Å². The van der Waals surface area contributed by atoms with E-state index in [4.69, 9.17) is 16.3 Å². The van der Waals surface area contributed by atoms with E-state index in [-0.39, 0.29) is 35.0 Å². The van der Waals surface area contributed by atoms with Crippen LogP contribution < -0.4 is 37.3 Å². The van der Waals surface area contributed by atoms with E-state index < -0.39 is 34.1 Å². The number of halogens is 2. The number of nitrogens with two attached hydrogens (primary N) is 2. The van der Waals surface area contributed by atoms with Crippen LogP contribution in [0.2, 0.25) is 0 Å². The summed E-state index contributed by atoms with van der Waals surface area (Å²) in [6.45, 7) is 1.74. The van der Waals surface area contributed by atoms with Gasteiger partial charge >= 0.3 is 0 Å². The summed E-state index contributed by atoms with van der Waals surface area (Å²) in [7, 11) is 0.161. The lowest BCUT2D eigenvalue weighted by molar-refractivity contribution is 0.0952. The third-order valence-electron chi connectivity index (χ3n) is 5.81. The van der Waals surface area contributed by atoms with Gasteiger partial charge in [-0.1, -0.05) is 6.92 Å². The van der Waals surface area contributed by atoms with Crippen LogP contribution in [0.4, 0.5) is 14.5 Å². The summed E-state index contributed by atoms with van der Waals surface area (Å²) in [6.07, 6.45) is 2.86. The molecule has 0 fully saturated rings. The fraction of sp³-hybridized carbons (Fsp3) is 0.154. The molecule has 1 atom stereocenters. The van der Waals surface area contributed by atoms with Crippen LogP contribution in [0.15, 0.2) is 65.4 Å². The van der Waals surface area contributed by atoms with Gasteiger partial charge in [0.2, 0.25) is 0 Å². The zero-order valence-corrected chi connectivity index (χ0v) is 22.3. The predicted molar refractivity (Wildman–Crippen MR) is 150 cm³/mol. The molecule has 0 bridgehead atoms. The van der Waals surface area contributed by atoms with Gasteiger partial charge in [0.1, 0.15) is 33.8 Å². The van der Waals surface area contributed by atoms with Gasteiger partial charge in [-0.05, 0) is 36.4 Å². The topological polar surface area (TPSA) is 169 Å². The Balaban J connectivity index is 1.86. The van der Waals surface area contributed by atoms with E-state index in [2.05, 4.69) is 20.4 Å². The Bertz CT molecular complexity index is 1700. The summed E-state index contributed by atoms with van der Waals surface area (Å²) in [5.41, 5.74) is 9.39. The second-order valence-electron chi connectivity index (χ2n) is 8.62. The predicted octanol–water partition coefficient (Wildman–Crippen LogP) is 2.69. The monoisotopic (exact) mass is 571 g/mol. The molecule has 2 aromatic carbocycles. The summed E-state index contributed by atoms with van der Waals surface area (Å²) >= 11 is 0. The van der Waals surface area contributed by atoms with E-state index >= 15 is 0 Å². The van der Waals surface area contributed by atoms with E-state index in [9.17, 15) is 22.6 Å². The second kappa shape index (κ2) is 12.0. The maximum Gasteiger partial charge on any atom is 0.274 e. The van der Waals surface area contributed by atoms with Crippen LogP contribution in [0.25, 0.3) is 22.0 Å². The number of hydrogen-bond donors (Lipinski definition) is 6. The number of aryl methyl sites for hydroxylation is 1. The number of fused-ring (bicyclic) bond motifs is 1. The summed E-state index contributed by atoms with van der Waals surface area (Å²) < 4.78 is 50.2. The fourth-order valence-corrected chi connectivity index (χ4v) is 4.41. The van der Waals surface area contributed by atoms with E-state index in [1.807, 2.05) is 0 Å². The van der Waals surface area contributed by atoms with Crippen molar-refractivity contribution in [3.05, 3.63) is 88.2 Å². The molecule has 0 spiro atoms. The molecule has 0 aliphatic carbocycles. The van der Waals surface area contributed by atoms with Gasteiger partial charge < -0.3 is 35.5 Å². The molecule has 14 heteroatoms. The third-order valence-corrected chi connectivity index (χ3v) is 6.80. The number of aromatic amines is 1. The van der Waals surface area contributed by atoms with Gasteiger partial charge in [0, 0.05) is 59.2 Å². The number of hydrazine groups is 1. The molecule has 11 nitrogen and oxygen atoms in total. The smallest absolute Gasteiger partial charge is 0.274 e. The summed E-state index contributed by atoms with van der Waals surface area (Å²) in [6, 6.07) is 9.16. The number of benzene rings is 2. The third kappa shape index (κ3) is 6.13. The molecule has 4 rings (SSSR count). The lowest BCUT2D eigenvalue weighted by Crippen LogP contribution is -2.29. The number of H-pyrrole nitrogens is 1. The minimum absolute atomic E-state index is 0.00717. The van der Waals surface area contributed by atoms with Gasteiger partial charge in [-0.15, -0.1) is 0 Å². The van der Waals surface area contributed by atoms with Crippen LogP contribution in [-0.2, 0) is 18.0 Å². The van der Waals surface area contributed by atoms with Crippen molar-refractivity contribution < 1.29 is 22.5 Å². The molecule has 0 saturated carbocycles. The molecule has 1 unspecified atom stereocenters. The van der Waals surface area contributed by atoms with Crippen molar-refractivity contribution in [1.29, 1.82) is 0 Å². The van der Waals surface area contributed by atoms with Crippen LogP contribution in [0.3, 0.4) is 0 Å². The SMILES string of the molecule is CCS(=O)Nc1ccc(Oc2ccc(F)cc2F)c(-c2cn(C)c(=O)c3[nH]c(C(=O)NC/C(N)=C/NN)cc23)c1. The molecule has 210 valence electrons. The van der Waals surface area contributed by atoms with Gasteiger partial charge in [-0.3, -0.25) is 15.4 Å². The molecular weight excluding hydrogens is 544 g/mol. The zero-order valence-electron chi connectivity index (χ0n) is 21.5. The van der Waals surface area contributed by atoms with Crippen LogP contribution in [-0.4, -0.2) is 32.0 Å². The molecule has 2 heterocycles.